The number of ether oxygens (including phenoxy) is 1. The summed E-state index contributed by atoms with van der Waals surface area (Å²) in [4.78, 5) is 24.7. The van der Waals surface area contributed by atoms with E-state index in [0.717, 1.165) is 21.8 Å². The van der Waals surface area contributed by atoms with Crippen molar-refractivity contribution < 1.29 is 4.74 Å². The van der Waals surface area contributed by atoms with E-state index in [-0.39, 0.29) is 5.56 Å². The Morgan fingerprint density at radius 1 is 0.811 bits per heavy atom. The van der Waals surface area contributed by atoms with Gasteiger partial charge in [-0.3, -0.25) is 9.36 Å². The Morgan fingerprint density at radius 2 is 1.54 bits per heavy atom. The molecule has 6 nitrogen and oxygen atoms in total. The van der Waals surface area contributed by atoms with Crippen LogP contribution >= 0.6 is 11.3 Å². The Labute approximate surface area is 217 Å². The highest BCUT2D eigenvalue weighted by molar-refractivity contribution is 7.19. The lowest BCUT2D eigenvalue weighted by Crippen LogP contribution is -2.21. The van der Waals surface area contributed by atoms with E-state index >= 15 is 0 Å². The van der Waals surface area contributed by atoms with Crippen molar-refractivity contribution in [2.75, 3.05) is 12.4 Å². The summed E-state index contributed by atoms with van der Waals surface area (Å²) < 4.78 is 7.11. The van der Waals surface area contributed by atoms with Crippen molar-refractivity contribution in [2.45, 2.75) is 0 Å². The second-order valence-corrected chi connectivity index (χ2v) is 9.35. The highest BCUT2D eigenvalue weighted by atomic mass is 32.1. The molecule has 180 valence electrons. The first-order valence-electron chi connectivity index (χ1n) is 11.8. The number of thiazole rings is 1. The lowest BCUT2D eigenvalue weighted by Gasteiger charge is -2.14. The van der Waals surface area contributed by atoms with Gasteiger partial charge in [0, 0.05) is 17.3 Å². The second kappa shape index (κ2) is 9.72. The average molecular weight is 503 g/mol. The van der Waals surface area contributed by atoms with Crippen LogP contribution in [0.4, 0.5) is 10.8 Å². The van der Waals surface area contributed by atoms with Gasteiger partial charge in [-0.1, -0.05) is 78.1 Å². The van der Waals surface area contributed by atoms with E-state index in [1.54, 1.807) is 17.7 Å². The molecule has 0 aliphatic heterocycles. The van der Waals surface area contributed by atoms with Gasteiger partial charge >= 0.3 is 0 Å². The lowest BCUT2D eigenvalue weighted by molar-refractivity contribution is 0.414. The van der Waals surface area contributed by atoms with Crippen LogP contribution < -0.4 is 15.6 Å². The minimum Gasteiger partial charge on any atom is -0.497 e. The van der Waals surface area contributed by atoms with Crippen LogP contribution in [0.2, 0.25) is 0 Å². The predicted molar refractivity (Wildman–Crippen MR) is 150 cm³/mol. The molecule has 4 aromatic carbocycles. The van der Waals surface area contributed by atoms with Crippen molar-refractivity contribution >= 4 is 33.1 Å². The van der Waals surface area contributed by atoms with Gasteiger partial charge in [-0.25, -0.2) is 9.97 Å². The zero-order valence-electron chi connectivity index (χ0n) is 20.0. The van der Waals surface area contributed by atoms with Crippen LogP contribution in [0.15, 0.2) is 114 Å². The van der Waals surface area contributed by atoms with Crippen LogP contribution in [-0.4, -0.2) is 21.6 Å². The molecule has 0 amide bonds. The number of aromatic nitrogens is 3. The third-order valence-electron chi connectivity index (χ3n) is 5.99. The monoisotopic (exact) mass is 502 g/mol. The number of hydrogen-bond acceptors (Lipinski definition) is 6. The smallest absolute Gasteiger partial charge is 0.266 e. The Morgan fingerprint density at radius 3 is 2.32 bits per heavy atom. The normalized spacial score (nSPS) is 10.9. The lowest BCUT2D eigenvalue weighted by atomic mass is 10.1. The van der Waals surface area contributed by atoms with E-state index in [0.29, 0.717) is 33.3 Å². The van der Waals surface area contributed by atoms with Crippen LogP contribution in [0.25, 0.3) is 38.5 Å². The summed E-state index contributed by atoms with van der Waals surface area (Å²) in [7, 11) is 1.61. The average Bonchev–Trinajstić information content (AvgIpc) is 3.37. The van der Waals surface area contributed by atoms with Crippen molar-refractivity contribution in [3.8, 4) is 33.4 Å². The molecule has 0 aliphatic rings. The molecule has 0 fully saturated rings. The van der Waals surface area contributed by atoms with Crippen LogP contribution in [0.3, 0.4) is 0 Å². The summed E-state index contributed by atoms with van der Waals surface area (Å²) in [6.07, 6.45) is 0. The molecule has 0 aliphatic carbocycles. The molecule has 0 radical (unpaired) electrons. The number of benzene rings is 4. The van der Waals surface area contributed by atoms with Crippen molar-refractivity contribution in [2.24, 2.45) is 0 Å². The first-order chi connectivity index (χ1) is 18.2. The van der Waals surface area contributed by atoms with Crippen molar-refractivity contribution in [3.05, 3.63) is 120 Å². The highest BCUT2D eigenvalue weighted by Gasteiger charge is 2.22. The molecule has 2 aromatic heterocycles. The molecule has 2 heterocycles. The number of para-hydroxylation sites is 2. The molecular weight excluding hydrogens is 480 g/mol. The number of nitrogens with zero attached hydrogens (tertiary/aromatic N) is 3. The summed E-state index contributed by atoms with van der Waals surface area (Å²) in [5.74, 6) is 1.18. The Kier molecular flexibility index (Phi) is 5.96. The van der Waals surface area contributed by atoms with E-state index in [2.05, 4.69) is 5.32 Å². The maximum Gasteiger partial charge on any atom is 0.266 e. The zero-order chi connectivity index (χ0) is 25.2. The largest absolute Gasteiger partial charge is 0.497 e. The van der Waals surface area contributed by atoms with E-state index in [9.17, 15) is 4.79 Å². The maximum atomic E-state index is 13.9. The Hall–Kier alpha value is -4.75. The van der Waals surface area contributed by atoms with Gasteiger partial charge in [-0.15, -0.1) is 0 Å². The van der Waals surface area contributed by atoms with E-state index < -0.39 is 0 Å². The fourth-order valence-corrected chi connectivity index (χ4v) is 5.22. The van der Waals surface area contributed by atoms with Crippen molar-refractivity contribution in [1.29, 1.82) is 0 Å². The van der Waals surface area contributed by atoms with Gasteiger partial charge < -0.3 is 10.1 Å². The van der Waals surface area contributed by atoms with Gasteiger partial charge in [-0.05, 0) is 36.4 Å². The number of nitrogens with one attached hydrogen (secondary N) is 1. The van der Waals surface area contributed by atoms with Gasteiger partial charge in [0.25, 0.3) is 5.56 Å². The van der Waals surface area contributed by atoms with E-state index in [1.165, 1.54) is 11.3 Å². The number of rotatable bonds is 6. The SMILES string of the molecule is COc1cccc(-n2c(-c3sc(Nc4ccccc4)nc3-c3ccccc3)nc3ccccc3c2=O)c1. The summed E-state index contributed by atoms with van der Waals surface area (Å²) in [6, 6.07) is 34.7. The molecule has 0 bridgehead atoms. The van der Waals surface area contributed by atoms with Crippen molar-refractivity contribution in [1.82, 2.24) is 14.5 Å². The van der Waals surface area contributed by atoms with Crippen LogP contribution in [-0.2, 0) is 0 Å². The van der Waals surface area contributed by atoms with Gasteiger partial charge in [-0.2, -0.15) is 0 Å². The summed E-state index contributed by atoms with van der Waals surface area (Å²) in [6.45, 7) is 0. The first-order valence-corrected chi connectivity index (χ1v) is 12.6. The van der Waals surface area contributed by atoms with Gasteiger partial charge in [0.05, 0.1) is 29.4 Å². The number of hydrogen-bond donors (Lipinski definition) is 1. The van der Waals surface area contributed by atoms with Gasteiger partial charge in [0.2, 0.25) is 0 Å². The summed E-state index contributed by atoms with van der Waals surface area (Å²) in [5, 5.41) is 4.66. The Balaban J connectivity index is 1.64. The number of methoxy groups -OCH3 is 1. The highest BCUT2D eigenvalue weighted by Crippen LogP contribution is 2.40. The molecule has 1 N–H and O–H groups in total. The molecule has 0 saturated carbocycles. The standard InChI is InChI=1S/C30H22N4O2S/c1-36-23-16-10-15-22(19-23)34-28(32-25-18-9-8-17-24(25)29(34)35)27-26(20-11-4-2-5-12-20)33-30(37-27)31-21-13-6-3-7-14-21/h2-19H,1H3,(H,31,33). The topological polar surface area (TPSA) is 69.0 Å². The van der Waals surface area contributed by atoms with Crippen LogP contribution in [0, 0.1) is 0 Å². The molecule has 0 unspecified atom stereocenters. The molecule has 0 saturated heterocycles. The molecule has 0 spiro atoms. The molecule has 7 heteroatoms. The summed E-state index contributed by atoms with van der Waals surface area (Å²) >= 11 is 1.46. The quantitative estimate of drug-likeness (QED) is 0.267. The van der Waals surface area contributed by atoms with Gasteiger partial charge in [0.15, 0.2) is 11.0 Å². The van der Waals surface area contributed by atoms with Crippen LogP contribution in [0.1, 0.15) is 0 Å². The van der Waals surface area contributed by atoms with Crippen LogP contribution in [0.5, 0.6) is 5.75 Å². The zero-order valence-corrected chi connectivity index (χ0v) is 20.8. The summed E-state index contributed by atoms with van der Waals surface area (Å²) in [5.41, 5.74) is 3.77. The fraction of sp³-hybridized carbons (Fsp3) is 0.0333. The minimum absolute atomic E-state index is 0.154. The maximum absolute atomic E-state index is 13.9. The first kappa shape index (κ1) is 22.7. The fourth-order valence-electron chi connectivity index (χ4n) is 4.24. The molecule has 6 aromatic rings. The van der Waals surface area contributed by atoms with E-state index in [1.807, 2.05) is 103 Å². The number of anilines is 2. The third-order valence-corrected chi connectivity index (χ3v) is 6.96. The minimum atomic E-state index is -0.154. The second-order valence-electron chi connectivity index (χ2n) is 8.35. The third kappa shape index (κ3) is 4.37. The molecule has 37 heavy (non-hydrogen) atoms. The van der Waals surface area contributed by atoms with Gasteiger partial charge in [0.1, 0.15) is 10.6 Å². The molecular formula is C30H22N4O2S. The Bertz CT molecular complexity index is 1760. The van der Waals surface area contributed by atoms with E-state index in [4.69, 9.17) is 14.7 Å². The molecule has 6 rings (SSSR count). The predicted octanol–water partition coefficient (Wildman–Crippen LogP) is 6.93. The number of fused-ring (bicyclic) bond motifs is 1. The van der Waals surface area contributed by atoms with Crippen molar-refractivity contribution in [3.63, 3.8) is 0 Å². The molecule has 0 atom stereocenters.